The van der Waals surface area contributed by atoms with Crippen molar-refractivity contribution in [2.75, 3.05) is 26.1 Å². The third-order valence-electron chi connectivity index (χ3n) is 3.45. The number of rotatable bonds is 7. The van der Waals surface area contributed by atoms with Crippen LogP contribution in [-0.4, -0.2) is 32.6 Å². The number of ether oxygens (including phenoxy) is 2. The van der Waals surface area contributed by atoms with Crippen LogP contribution in [0.15, 0.2) is 18.2 Å². The van der Waals surface area contributed by atoms with Crippen molar-refractivity contribution in [3.05, 3.63) is 18.2 Å². The van der Waals surface area contributed by atoms with E-state index >= 15 is 0 Å². The van der Waals surface area contributed by atoms with Gasteiger partial charge in [0.1, 0.15) is 5.41 Å². The van der Waals surface area contributed by atoms with Gasteiger partial charge in [-0.25, -0.2) is 0 Å². The number of nitrogens with one attached hydrogen (secondary N) is 2. The van der Waals surface area contributed by atoms with Gasteiger partial charge in [-0.3, -0.25) is 9.59 Å². The van der Waals surface area contributed by atoms with E-state index < -0.39 is 5.41 Å². The fourth-order valence-corrected chi connectivity index (χ4v) is 1.82. The smallest absolute Gasteiger partial charge is 0.239 e. The second-order valence-corrected chi connectivity index (χ2v) is 6.25. The molecule has 1 aromatic rings. The fraction of sp³-hybridized carbons (Fsp3) is 0.529. The zero-order valence-electron chi connectivity index (χ0n) is 14.6. The number of amides is 2. The molecule has 0 bridgehead atoms. The first-order chi connectivity index (χ1) is 10.7. The molecule has 0 unspecified atom stereocenters. The molecule has 0 heterocycles. The highest BCUT2D eigenvalue weighted by atomic mass is 16.5. The summed E-state index contributed by atoms with van der Waals surface area (Å²) in [6, 6.07) is 5.04. The van der Waals surface area contributed by atoms with Crippen LogP contribution in [0.2, 0.25) is 0 Å². The van der Waals surface area contributed by atoms with E-state index in [9.17, 15) is 9.59 Å². The van der Waals surface area contributed by atoms with E-state index in [2.05, 4.69) is 10.6 Å². The summed E-state index contributed by atoms with van der Waals surface area (Å²) in [5.41, 5.74) is -0.639. The lowest BCUT2D eigenvalue weighted by Crippen LogP contribution is -2.46. The lowest BCUT2D eigenvalue weighted by Gasteiger charge is -2.23. The van der Waals surface area contributed by atoms with Crippen LogP contribution in [0, 0.1) is 11.3 Å². The zero-order valence-corrected chi connectivity index (χ0v) is 14.6. The van der Waals surface area contributed by atoms with Crippen molar-refractivity contribution in [3.63, 3.8) is 0 Å². The first-order valence-corrected chi connectivity index (χ1v) is 7.54. The van der Waals surface area contributed by atoms with E-state index in [1.807, 2.05) is 13.8 Å². The topological polar surface area (TPSA) is 76.7 Å². The SMILES string of the molecule is COc1ccc(NC(=O)C(C)(C)C(=O)NCC(C)C)cc1OC. The first kappa shape index (κ1) is 18.8. The number of carbonyl (C=O) groups excluding carboxylic acids is 2. The predicted octanol–water partition coefficient (Wildman–Crippen LogP) is 2.44. The molecule has 128 valence electrons. The standard InChI is InChI=1S/C17H26N2O4/c1-11(2)10-18-15(20)17(3,4)16(21)19-12-7-8-13(22-5)14(9-12)23-6/h7-9,11H,10H2,1-6H3,(H,18,20)(H,19,21). The average molecular weight is 322 g/mol. The number of methoxy groups -OCH3 is 2. The molecule has 0 saturated heterocycles. The van der Waals surface area contributed by atoms with Gasteiger partial charge in [0.25, 0.3) is 0 Å². The Labute approximate surface area is 137 Å². The molecule has 0 saturated carbocycles. The lowest BCUT2D eigenvalue weighted by atomic mass is 9.90. The molecule has 2 N–H and O–H groups in total. The molecule has 0 spiro atoms. The molecule has 0 radical (unpaired) electrons. The minimum Gasteiger partial charge on any atom is -0.493 e. The summed E-state index contributed by atoms with van der Waals surface area (Å²) in [6.07, 6.45) is 0. The van der Waals surface area contributed by atoms with Crippen molar-refractivity contribution >= 4 is 17.5 Å². The maximum absolute atomic E-state index is 12.4. The van der Waals surface area contributed by atoms with Crippen molar-refractivity contribution in [1.29, 1.82) is 0 Å². The second-order valence-electron chi connectivity index (χ2n) is 6.25. The normalized spacial score (nSPS) is 11.1. The Morgan fingerprint density at radius 2 is 1.70 bits per heavy atom. The highest BCUT2D eigenvalue weighted by molar-refractivity contribution is 6.09. The third-order valence-corrected chi connectivity index (χ3v) is 3.45. The van der Waals surface area contributed by atoms with Crippen molar-refractivity contribution < 1.29 is 19.1 Å². The number of benzene rings is 1. The molecule has 23 heavy (non-hydrogen) atoms. The fourth-order valence-electron chi connectivity index (χ4n) is 1.82. The number of hydrogen-bond donors (Lipinski definition) is 2. The van der Waals surface area contributed by atoms with Crippen LogP contribution in [0.25, 0.3) is 0 Å². The summed E-state index contributed by atoms with van der Waals surface area (Å²) in [7, 11) is 3.06. The van der Waals surface area contributed by atoms with Crippen molar-refractivity contribution in [2.24, 2.45) is 11.3 Å². The van der Waals surface area contributed by atoms with E-state index in [-0.39, 0.29) is 11.8 Å². The molecular weight excluding hydrogens is 296 g/mol. The van der Waals surface area contributed by atoms with Crippen LogP contribution in [0.1, 0.15) is 27.7 Å². The highest BCUT2D eigenvalue weighted by Gasteiger charge is 2.36. The Morgan fingerprint density at radius 3 is 2.22 bits per heavy atom. The molecule has 0 aromatic heterocycles. The van der Waals surface area contributed by atoms with E-state index in [0.29, 0.717) is 29.6 Å². The predicted molar refractivity (Wildman–Crippen MR) is 89.8 cm³/mol. The second kappa shape index (κ2) is 7.85. The third kappa shape index (κ3) is 4.87. The lowest BCUT2D eigenvalue weighted by molar-refractivity contribution is -0.138. The Morgan fingerprint density at radius 1 is 1.09 bits per heavy atom. The molecule has 0 aliphatic rings. The van der Waals surface area contributed by atoms with Crippen LogP contribution in [-0.2, 0) is 9.59 Å². The van der Waals surface area contributed by atoms with Gasteiger partial charge >= 0.3 is 0 Å². The van der Waals surface area contributed by atoms with Gasteiger partial charge in [-0.1, -0.05) is 13.8 Å². The van der Waals surface area contributed by atoms with E-state index in [4.69, 9.17) is 9.47 Å². The molecule has 0 aliphatic heterocycles. The molecule has 1 aromatic carbocycles. The van der Waals surface area contributed by atoms with Gasteiger partial charge < -0.3 is 20.1 Å². The van der Waals surface area contributed by atoms with E-state index in [0.717, 1.165) is 0 Å². The number of hydrogen-bond acceptors (Lipinski definition) is 4. The van der Waals surface area contributed by atoms with Crippen molar-refractivity contribution in [3.8, 4) is 11.5 Å². The van der Waals surface area contributed by atoms with Crippen molar-refractivity contribution in [1.82, 2.24) is 5.32 Å². The maximum atomic E-state index is 12.4. The van der Waals surface area contributed by atoms with Gasteiger partial charge in [0, 0.05) is 18.3 Å². The molecule has 6 nitrogen and oxygen atoms in total. The van der Waals surface area contributed by atoms with Gasteiger partial charge in [-0.15, -0.1) is 0 Å². The Hall–Kier alpha value is -2.24. The summed E-state index contributed by atoms with van der Waals surface area (Å²) in [6.45, 7) is 7.72. The quantitative estimate of drug-likeness (QED) is 0.756. The molecule has 0 atom stereocenters. The van der Waals surface area contributed by atoms with Gasteiger partial charge in [0.2, 0.25) is 11.8 Å². The van der Waals surface area contributed by atoms with E-state index in [1.54, 1.807) is 32.0 Å². The summed E-state index contributed by atoms with van der Waals surface area (Å²) >= 11 is 0. The molecule has 0 aliphatic carbocycles. The summed E-state index contributed by atoms with van der Waals surface area (Å²) < 4.78 is 10.4. The highest BCUT2D eigenvalue weighted by Crippen LogP contribution is 2.30. The molecular formula is C17H26N2O4. The number of anilines is 1. The van der Waals surface area contributed by atoms with Crippen LogP contribution >= 0.6 is 0 Å². The maximum Gasteiger partial charge on any atom is 0.239 e. The Balaban J connectivity index is 2.83. The molecule has 0 fully saturated rings. The molecule has 2 amide bonds. The minimum atomic E-state index is -1.18. The monoisotopic (exact) mass is 322 g/mol. The zero-order chi connectivity index (χ0) is 17.6. The average Bonchev–Trinajstić information content (AvgIpc) is 2.51. The van der Waals surface area contributed by atoms with Crippen LogP contribution in [0.5, 0.6) is 11.5 Å². The summed E-state index contributed by atoms with van der Waals surface area (Å²) in [5, 5.41) is 5.53. The Bertz CT molecular complexity index is 568. The molecule has 6 heteroatoms. The largest absolute Gasteiger partial charge is 0.493 e. The first-order valence-electron chi connectivity index (χ1n) is 7.54. The van der Waals surface area contributed by atoms with Crippen LogP contribution < -0.4 is 20.1 Å². The van der Waals surface area contributed by atoms with Gasteiger partial charge in [0.15, 0.2) is 11.5 Å². The van der Waals surface area contributed by atoms with E-state index in [1.165, 1.54) is 14.2 Å². The minimum absolute atomic E-state index is 0.302. The molecule has 1 rings (SSSR count). The van der Waals surface area contributed by atoms with Crippen LogP contribution in [0.4, 0.5) is 5.69 Å². The van der Waals surface area contributed by atoms with Gasteiger partial charge in [-0.05, 0) is 31.9 Å². The number of carbonyl (C=O) groups is 2. The van der Waals surface area contributed by atoms with Crippen molar-refractivity contribution in [2.45, 2.75) is 27.7 Å². The van der Waals surface area contributed by atoms with Crippen LogP contribution in [0.3, 0.4) is 0 Å². The van der Waals surface area contributed by atoms with Gasteiger partial charge in [-0.2, -0.15) is 0 Å². The van der Waals surface area contributed by atoms with Gasteiger partial charge in [0.05, 0.1) is 14.2 Å². The Kier molecular flexibility index (Phi) is 6.42. The summed E-state index contributed by atoms with van der Waals surface area (Å²) in [4.78, 5) is 24.6. The summed E-state index contributed by atoms with van der Waals surface area (Å²) in [5.74, 6) is 0.714.